The quantitative estimate of drug-likeness (QED) is 0.801. The first kappa shape index (κ1) is 19.8. The zero-order chi connectivity index (χ0) is 18.4. The van der Waals surface area contributed by atoms with Gasteiger partial charge in [0.2, 0.25) is 5.91 Å². The highest BCUT2D eigenvalue weighted by atomic mass is 35.5. The van der Waals surface area contributed by atoms with E-state index in [2.05, 4.69) is 5.32 Å². The monoisotopic (exact) mass is 391 g/mol. The highest BCUT2D eigenvalue weighted by molar-refractivity contribution is 6.22. The number of carbonyl (C=O) groups is 3. The number of rotatable bonds is 3. The SMILES string of the molecule is CC(C)C(C(=O)N1C2CCNCC1CC2)N1C(=O)c2ccccc2C1=O.Cl. The molecule has 3 unspecified atom stereocenters. The van der Waals surface area contributed by atoms with Crippen molar-refractivity contribution in [3.8, 4) is 0 Å². The maximum Gasteiger partial charge on any atom is 0.262 e. The van der Waals surface area contributed by atoms with Gasteiger partial charge in [-0.25, -0.2) is 0 Å². The lowest BCUT2D eigenvalue weighted by molar-refractivity contribution is -0.139. The molecule has 2 saturated heterocycles. The molecule has 0 spiro atoms. The summed E-state index contributed by atoms with van der Waals surface area (Å²) in [6.45, 7) is 5.51. The van der Waals surface area contributed by atoms with Crippen molar-refractivity contribution in [1.29, 1.82) is 0 Å². The summed E-state index contributed by atoms with van der Waals surface area (Å²) in [5.74, 6) is -0.915. The van der Waals surface area contributed by atoms with E-state index in [9.17, 15) is 14.4 Å². The van der Waals surface area contributed by atoms with Gasteiger partial charge >= 0.3 is 0 Å². The van der Waals surface area contributed by atoms with Crippen molar-refractivity contribution >= 4 is 30.1 Å². The lowest BCUT2D eigenvalue weighted by Gasteiger charge is -2.36. The number of carbonyl (C=O) groups excluding carboxylic acids is 3. The Balaban J connectivity index is 0.00000210. The van der Waals surface area contributed by atoms with Crippen LogP contribution in [0.25, 0.3) is 0 Å². The zero-order valence-electron chi connectivity index (χ0n) is 15.7. The Morgan fingerprint density at radius 2 is 1.63 bits per heavy atom. The van der Waals surface area contributed by atoms with E-state index in [4.69, 9.17) is 0 Å². The Morgan fingerprint density at radius 3 is 2.22 bits per heavy atom. The molecule has 0 radical (unpaired) electrons. The Kier molecular flexibility index (Phi) is 5.58. The molecule has 3 atom stereocenters. The molecule has 1 aromatic rings. The third-order valence-corrected chi connectivity index (χ3v) is 5.90. The van der Waals surface area contributed by atoms with Crippen molar-refractivity contribution in [2.45, 2.75) is 51.2 Å². The van der Waals surface area contributed by atoms with Gasteiger partial charge in [-0.15, -0.1) is 12.4 Å². The van der Waals surface area contributed by atoms with Crippen LogP contribution in [0.4, 0.5) is 0 Å². The zero-order valence-corrected chi connectivity index (χ0v) is 16.5. The fourth-order valence-corrected chi connectivity index (χ4v) is 4.65. The Bertz CT molecular complexity index is 718. The number of imide groups is 1. The van der Waals surface area contributed by atoms with Crippen molar-refractivity contribution in [3.63, 3.8) is 0 Å². The van der Waals surface area contributed by atoms with Gasteiger partial charge < -0.3 is 10.2 Å². The number of hydrogen-bond acceptors (Lipinski definition) is 4. The summed E-state index contributed by atoms with van der Waals surface area (Å²) in [5, 5.41) is 3.39. The van der Waals surface area contributed by atoms with Crippen molar-refractivity contribution in [3.05, 3.63) is 35.4 Å². The number of nitrogens with one attached hydrogen (secondary N) is 1. The summed E-state index contributed by atoms with van der Waals surface area (Å²) in [6.07, 6.45) is 2.91. The molecule has 146 valence electrons. The fraction of sp³-hybridized carbons (Fsp3) is 0.550. The molecule has 7 heteroatoms. The lowest BCUT2D eigenvalue weighted by atomic mass is 9.99. The number of halogens is 1. The summed E-state index contributed by atoms with van der Waals surface area (Å²) >= 11 is 0. The minimum atomic E-state index is -0.747. The van der Waals surface area contributed by atoms with Crippen LogP contribution in [0.2, 0.25) is 0 Å². The number of nitrogens with zero attached hydrogens (tertiary/aromatic N) is 2. The van der Waals surface area contributed by atoms with Crippen molar-refractivity contribution in [2.24, 2.45) is 5.92 Å². The van der Waals surface area contributed by atoms with Crippen LogP contribution < -0.4 is 5.32 Å². The van der Waals surface area contributed by atoms with Gasteiger partial charge in [0.15, 0.2) is 0 Å². The standard InChI is InChI=1S/C20H25N3O3.ClH/c1-12(2)17(20(26)22-13-7-8-14(22)11-21-10-9-13)23-18(24)15-5-3-4-6-16(15)19(23)25;/h3-6,12-14,17,21H,7-11H2,1-2H3;1H. The van der Waals surface area contributed by atoms with Gasteiger partial charge in [0, 0.05) is 18.6 Å². The second-order valence-corrected chi connectivity index (χ2v) is 7.84. The van der Waals surface area contributed by atoms with E-state index in [1.54, 1.807) is 24.3 Å². The second kappa shape index (κ2) is 7.60. The van der Waals surface area contributed by atoms with Gasteiger partial charge in [0.25, 0.3) is 11.8 Å². The maximum absolute atomic E-state index is 13.5. The minimum absolute atomic E-state index is 0. The van der Waals surface area contributed by atoms with Crippen LogP contribution in [-0.2, 0) is 4.79 Å². The molecule has 3 aliphatic rings. The van der Waals surface area contributed by atoms with E-state index in [1.165, 1.54) is 4.90 Å². The van der Waals surface area contributed by atoms with Crippen LogP contribution in [0, 0.1) is 5.92 Å². The van der Waals surface area contributed by atoms with Crippen LogP contribution in [0.5, 0.6) is 0 Å². The van der Waals surface area contributed by atoms with Gasteiger partial charge in [0.05, 0.1) is 11.1 Å². The van der Waals surface area contributed by atoms with E-state index < -0.39 is 6.04 Å². The molecule has 4 rings (SSSR count). The molecule has 1 N–H and O–H groups in total. The summed E-state index contributed by atoms with van der Waals surface area (Å²) in [4.78, 5) is 42.5. The largest absolute Gasteiger partial charge is 0.334 e. The first-order valence-corrected chi connectivity index (χ1v) is 9.50. The molecular weight excluding hydrogens is 366 g/mol. The molecular formula is C20H26ClN3O3. The van der Waals surface area contributed by atoms with Crippen LogP contribution >= 0.6 is 12.4 Å². The van der Waals surface area contributed by atoms with Crippen molar-refractivity contribution in [1.82, 2.24) is 15.1 Å². The van der Waals surface area contributed by atoms with E-state index in [0.29, 0.717) is 11.1 Å². The first-order chi connectivity index (χ1) is 12.5. The Morgan fingerprint density at radius 1 is 1.04 bits per heavy atom. The third-order valence-electron chi connectivity index (χ3n) is 5.90. The molecule has 3 amide bonds. The van der Waals surface area contributed by atoms with Gasteiger partial charge in [-0.3, -0.25) is 19.3 Å². The molecule has 2 bridgehead atoms. The highest BCUT2D eigenvalue weighted by Gasteiger charge is 2.48. The number of benzene rings is 1. The summed E-state index contributed by atoms with van der Waals surface area (Å²) in [6, 6.07) is 6.45. The van der Waals surface area contributed by atoms with Gasteiger partial charge in [-0.05, 0) is 43.9 Å². The van der Waals surface area contributed by atoms with Crippen molar-refractivity contribution in [2.75, 3.05) is 13.1 Å². The molecule has 0 saturated carbocycles. The summed E-state index contributed by atoms with van der Waals surface area (Å²) < 4.78 is 0. The predicted octanol–water partition coefficient (Wildman–Crippen LogP) is 2.08. The van der Waals surface area contributed by atoms with E-state index in [1.807, 2.05) is 18.7 Å². The number of hydrogen-bond donors (Lipinski definition) is 1. The highest BCUT2D eigenvalue weighted by Crippen LogP contribution is 2.33. The Labute approximate surface area is 165 Å². The van der Waals surface area contributed by atoms with Gasteiger partial charge in [0.1, 0.15) is 6.04 Å². The Hall–Kier alpha value is -1.92. The first-order valence-electron chi connectivity index (χ1n) is 9.50. The number of fused-ring (bicyclic) bond motifs is 3. The predicted molar refractivity (Wildman–Crippen MR) is 104 cm³/mol. The molecule has 1 aromatic carbocycles. The van der Waals surface area contributed by atoms with E-state index in [-0.39, 0.29) is 48.1 Å². The smallest absolute Gasteiger partial charge is 0.262 e. The van der Waals surface area contributed by atoms with Gasteiger partial charge in [-0.1, -0.05) is 26.0 Å². The van der Waals surface area contributed by atoms with Crippen LogP contribution in [0.1, 0.15) is 53.8 Å². The molecule has 0 aliphatic carbocycles. The average Bonchev–Trinajstić information content (AvgIpc) is 3.02. The molecule has 3 aliphatic heterocycles. The van der Waals surface area contributed by atoms with Crippen molar-refractivity contribution < 1.29 is 14.4 Å². The summed E-state index contributed by atoms with van der Waals surface area (Å²) in [7, 11) is 0. The minimum Gasteiger partial charge on any atom is -0.334 e. The second-order valence-electron chi connectivity index (χ2n) is 7.84. The van der Waals surface area contributed by atoms with E-state index >= 15 is 0 Å². The van der Waals surface area contributed by atoms with E-state index in [0.717, 1.165) is 32.4 Å². The maximum atomic E-state index is 13.5. The average molecular weight is 392 g/mol. The van der Waals surface area contributed by atoms with Gasteiger partial charge in [-0.2, -0.15) is 0 Å². The fourth-order valence-electron chi connectivity index (χ4n) is 4.65. The molecule has 6 nitrogen and oxygen atoms in total. The molecule has 3 heterocycles. The van der Waals surface area contributed by atoms with Crippen LogP contribution in [-0.4, -0.2) is 58.7 Å². The topological polar surface area (TPSA) is 69.7 Å². The molecule has 27 heavy (non-hydrogen) atoms. The third kappa shape index (κ3) is 3.15. The molecule has 0 aromatic heterocycles. The lowest BCUT2D eigenvalue weighted by Crippen LogP contribution is -2.56. The van der Waals surface area contributed by atoms with Crippen LogP contribution in [0.3, 0.4) is 0 Å². The van der Waals surface area contributed by atoms with Crippen LogP contribution in [0.15, 0.2) is 24.3 Å². The summed E-state index contributed by atoms with van der Waals surface area (Å²) in [5.41, 5.74) is 0.799. The normalized spacial score (nSPS) is 25.3. The number of amides is 3. The molecule has 2 fully saturated rings.